The van der Waals surface area contributed by atoms with E-state index in [1.807, 2.05) is 67.6 Å². The summed E-state index contributed by atoms with van der Waals surface area (Å²) in [5.74, 6) is -0.0249. The van der Waals surface area contributed by atoms with Crippen molar-refractivity contribution >= 4 is 30.2 Å². The molecule has 0 saturated carbocycles. The van der Waals surface area contributed by atoms with E-state index in [0.29, 0.717) is 16.4 Å². The lowest BCUT2D eigenvalue weighted by Crippen LogP contribution is -2.57. The van der Waals surface area contributed by atoms with Crippen molar-refractivity contribution in [1.29, 1.82) is 0 Å². The maximum atomic E-state index is 15.1. The lowest BCUT2D eigenvalue weighted by molar-refractivity contribution is -0.157. The second-order valence-corrected chi connectivity index (χ2v) is 11.0. The van der Waals surface area contributed by atoms with Crippen LogP contribution in [0, 0.1) is 0 Å². The molecule has 2 aromatic carbocycles. The molecule has 3 aromatic rings. The fourth-order valence-electron chi connectivity index (χ4n) is 4.14. The quantitative estimate of drug-likeness (QED) is 0.409. The van der Waals surface area contributed by atoms with E-state index in [2.05, 4.69) is 4.99 Å². The average molecular weight is 450 g/mol. The Morgan fingerprint density at radius 3 is 2.00 bits per heavy atom. The van der Waals surface area contributed by atoms with Crippen LogP contribution in [0.25, 0.3) is 0 Å². The van der Waals surface area contributed by atoms with Gasteiger partial charge in [0.25, 0.3) is 0 Å². The molecule has 0 amide bonds. The summed E-state index contributed by atoms with van der Waals surface area (Å²) < 4.78 is 28.2. The molecule has 1 aliphatic heterocycles. The molecule has 0 spiro atoms. The van der Waals surface area contributed by atoms with Crippen LogP contribution in [0.2, 0.25) is 0 Å². The van der Waals surface area contributed by atoms with Gasteiger partial charge < -0.3 is 9.15 Å². The number of rotatable bonds is 6. The van der Waals surface area contributed by atoms with Crippen molar-refractivity contribution in [1.82, 2.24) is 4.67 Å². The summed E-state index contributed by atoms with van der Waals surface area (Å²) in [6.45, 7) is 7.12. The Morgan fingerprint density at radius 2 is 1.53 bits per heavy atom. The van der Waals surface area contributed by atoms with Crippen LogP contribution in [-0.4, -0.2) is 28.6 Å². The SMILES string of the molecule is CC(C)OC(=O)[C@]1(C)N=CN(P(=O)(c2ccccc2)c2ccccc2)[C@@]1(C)c1ccco1. The molecular formula is C25H27N2O4P. The molecule has 0 bridgehead atoms. The first-order valence-electron chi connectivity index (χ1n) is 10.6. The van der Waals surface area contributed by atoms with Crippen LogP contribution in [0.1, 0.15) is 33.5 Å². The lowest BCUT2D eigenvalue weighted by atomic mass is 9.79. The van der Waals surface area contributed by atoms with Crippen molar-refractivity contribution in [3.8, 4) is 0 Å². The Hall–Kier alpha value is -3.11. The van der Waals surface area contributed by atoms with E-state index >= 15 is 4.57 Å². The molecule has 1 aliphatic rings. The zero-order chi connectivity index (χ0) is 23.0. The molecule has 32 heavy (non-hydrogen) atoms. The number of carbonyl (C=O) groups is 1. The van der Waals surface area contributed by atoms with E-state index in [1.165, 1.54) is 6.34 Å². The Labute approximate surface area is 188 Å². The first-order valence-corrected chi connectivity index (χ1v) is 12.2. The molecule has 0 N–H and O–H groups in total. The molecule has 2 atom stereocenters. The third-order valence-electron chi connectivity index (χ3n) is 6.09. The van der Waals surface area contributed by atoms with Gasteiger partial charge in [-0.1, -0.05) is 36.4 Å². The van der Waals surface area contributed by atoms with Crippen LogP contribution in [-0.2, 0) is 19.6 Å². The van der Waals surface area contributed by atoms with Gasteiger partial charge in [0, 0.05) is 10.6 Å². The summed E-state index contributed by atoms with van der Waals surface area (Å²) in [7, 11) is -3.47. The van der Waals surface area contributed by atoms with Gasteiger partial charge in [-0.3, -0.25) is 14.2 Å². The van der Waals surface area contributed by atoms with Gasteiger partial charge in [-0.2, -0.15) is 0 Å². The van der Waals surface area contributed by atoms with E-state index in [9.17, 15) is 4.79 Å². The molecule has 0 saturated heterocycles. The Morgan fingerprint density at radius 1 is 0.969 bits per heavy atom. The van der Waals surface area contributed by atoms with E-state index in [0.717, 1.165) is 0 Å². The monoisotopic (exact) mass is 450 g/mol. The topological polar surface area (TPSA) is 72.1 Å². The minimum absolute atomic E-state index is 0.320. The van der Waals surface area contributed by atoms with Crippen LogP contribution in [0.5, 0.6) is 0 Å². The highest BCUT2D eigenvalue weighted by molar-refractivity contribution is 7.77. The fourth-order valence-corrected chi connectivity index (χ4v) is 7.14. The largest absolute Gasteiger partial charge is 0.467 e. The number of hydrogen-bond acceptors (Lipinski definition) is 5. The third-order valence-corrected chi connectivity index (χ3v) is 9.19. The van der Waals surface area contributed by atoms with Crippen molar-refractivity contribution in [3.63, 3.8) is 0 Å². The first-order chi connectivity index (χ1) is 15.2. The molecule has 7 heteroatoms. The van der Waals surface area contributed by atoms with Gasteiger partial charge in [0.15, 0.2) is 5.54 Å². The summed E-state index contributed by atoms with van der Waals surface area (Å²) >= 11 is 0. The molecule has 0 fully saturated rings. The lowest BCUT2D eigenvalue weighted by Gasteiger charge is -2.45. The number of carbonyl (C=O) groups excluding carboxylic acids is 1. The van der Waals surface area contributed by atoms with Gasteiger partial charge >= 0.3 is 5.97 Å². The van der Waals surface area contributed by atoms with Gasteiger partial charge in [-0.25, -0.2) is 4.79 Å². The van der Waals surface area contributed by atoms with E-state index in [4.69, 9.17) is 9.15 Å². The van der Waals surface area contributed by atoms with Crippen LogP contribution in [0.15, 0.2) is 88.5 Å². The van der Waals surface area contributed by atoms with Crippen molar-refractivity contribution in [2.75, 3.05) is 0 Å². The number of ether oxygens (including phenoxy) is 1. The van der Waals surface area contributed by atoms with Crippen LogP contribution in [0.3, 0.4) is 0 Å². The van der Waals surface area contributed by atoms with Gasteiger partial charge in [-0.05, 0) is 64.1 Å². The number of aliphatic imine (C=N–C) groups is 1. The summed E-state index contributed by atoms with van der Waals surface area (Å²) in [4.78, 5) is 18.0. The smallest absolute Gasteiger partial charge is 0.337 e. The molecule has 4 rings (SSSR count). The number of nitrogens with zero attached hydrogens (tertiary/aromatic N) is 2. The molecule has 0 radical (unpaired) electrons. The molecule has 0 aliphatic carbocycles. The van der Waals surface area contributed by atoms with Crippen molar-refractivity contribution in [2.24, 2.45) is 4.99 Å². The minimum Gasteiger partial charge on any atom is -0.467 e. The highest BCUT2D eigenvalue weighted by Crippen LogP contribution is 2.59. The molecule has 6 nitrogen and oxygen atoms in total. The van der Waals surface area contributed by atoms with Gasteiger partial charge in [0.1, 0.15) is 11.3 Å². The summed E-state index contributed by atoms with van der Waals surface area (Å²) in [5.41, 5.74) is -2.59. The fraction of sp³-hybridized carbons (Fsp3) is 0.280. The van der Waals surface area contributed by atoms with E-state index in [-0.39, 0.29) is 6.10 Å². The number of furan rings is 1. The third kappa shape index (κ3) is 3.21. The van der Waals surface area contributed by atoms with Crippen LogP contribution >= 0.6 is 7.29 Å². The molecule has 2 heterocycles. The summed E-state index contributed by atoms with van der Waals surface area (Å²) in [5, 5.41) is 1.27. The van der Waals surface area contributed by atoms with Crippen molar-refractivity contribution in [2.45, 2.75) is 44.9 Å². The second kappa shape index (κ2) is 8.10. The Bertz CT molecular complexity index is 1120. The highest BCUT2D eigenvalue weighted by atomic mass is 31.2. The highest BCUT2D eigenvalue weighted by Gasteiger charge is 2.64. The normalized spacial score (nSPS) is 23.0. The molecule has 1 aromatic heterocycles. The molecular weight excluding hydrogens is 423 g/mol. The Balaban J connectivity index is 1.97. The van der Waals surface area contributed by atoms with Gasteiger partial charge in [0.2, 0.25) is 7.29 Å². The summed E-state index contributed by atoms with van der Waals surface area (Å²) in [6.07, 6.45) is 2.74. The number of benzene rings is 2. The predicted molar refractivity (Wildman–Crippen MR) is 126 cm³/mol. The standard InChI is InChI=1S/C25H27N2O4P/c1-19(2)31-23(28)24(3)25(4,22-16-11-17-30-22)27(18-26-24)32(29,20-12-7-5-8-13-20)21-14-9-6-10-15-21/h5-19H,1-4H3/t24-,25-/m0/s1. The maximum absolute atomic E-state index is 15.1. The Kier molecular flexibility index (Phi) is 5.59. The van der Waals surface area contributed by atoms with Crippen LogP contribution in [0.4, 0.5) is 0 Å². The predicted octanol–water partition coefficient (Wildman–Crippen LogP) is 4.48. The minimum atomic E-state index is -3.47. The molecule has 0 unspecified atom stereocenters. The zero-order valence-corrected chi connectivity index (χ0v) is 19.5. The van der Waals surface area contributed by atoms with E-state index in [1.54, 1.807) is 43.8 Å². The van der Waals surface area contributed by atoms with Crippen molar-refractivity contribution in [3.05, 3.63) is 84.8 Å². The first kappa shape index (κ1) is 22.1. The maximum Gasteiger partial charge on any atom is 0.337 e. The van der Waals surface area contributed by atoms with Crippen LogP contribution < -0.4 is 10.6 Å². The average Bonchev–Trinajstić information content (AvgIpc) is 3.43. The zero-order valence-electron chi connectivity index (χ0n) is 18.6. The number of esters is 1. The molecule has 166 valence electrons. The second-order valence-electron chi connectivity index (χ2n) is 8.41. The van der Waals surface area contributed by atoms with E-state index < -0.39 is 24.3 Å². The number of hydrogen-bond donors (Lipinski definition) is 0. The van der Waals surface area contributed by atoms with Gasteiger partial charge in [0.05, 0.1) is 18.7 Å². The van der Waals surface area contributed by atoms with Gasteiger partial charge in [-0.15, -0.1) is 0 Å². The summed E-state index contributed by atoms with van der Waals surface area (Å²) in [6, 6.07) is 22.1. The van der Waals surface area contributed by atoms with Crippen molar-refractivity contribution < 1.29 is 18.5 Å².